The molecule has 0 amide bonds. The summed E-state index contributed by atoms with van der Waals surface area (Å²) in [6.45, 7) is 11.5. The van der Waals surface area contributed by atoms with Gasteiger partial charge in [-0.05, 0) is 138 Å². The van der Waals surface area contributed by atoms with Gasteiger partial charge in [-0.15, -0.1) is 0 Å². The molecule has 3 aliphatic carbocycles. The summed E-state index contributed by atoms with van der Waals surface area (Å²) in [5, 5.41) is 4.39. The zero-order valence-electron chi connectivity index (χ0n) is 22.2. The van der Waals surface area contributed by atoms with Crippen molar-refractivity contribution in [1.82, 2.24) is 15.1 Å². The minimum absolute atomic E-state index is 0.798. The summed E-state index contributed by atoms with van der Waals surface area (Å²) < 4.78 is 0. The van der Waals surface area contributed by atoms with Crippen molar-refractivity contribution in [2.24, 2.45) is 47.3 Å². The molecule has 33 heavy (non-hydrogen) atoms. The SMILES string of the molecule is CCN1CCC[C@@H]2[C@@H](C[C@H]3CC[C@@H]4[C@@H]5C[C@@H]6[C@@H](C[C@@H](C)C[C@@H]6N(C)C5)C[C@@H]4N3)C[C@H](C)C[C@@H]21. The smallest absolute Gasteiger partial charge is 0.0129 e. The lowest BCUT2D eigenvalue weighted by Crippen LogP contribution is -2.55. The molecule has 6 fully saturated rings. The van der Waals surface area contributed by atoms with Crippen molar-refractivity contribution in [3.8, 4) is 0 Å². The van der Waals surface area contributed by atoms with E-state index in [1.807, 2.05) is 0 Å². The van der Waals surface area contributed by atoms with Gasteiger partial charge in [0.25, 0.3) is 0 Å². The van der Waals surface area contributed by atoms with E-state index in [2.05, 4.69) is 42.9 Å². The molecule has 0 unspecified atom stereocenters. The van der Waals surface area contributed by atoms with Crippen LogP contribution in [-0.2, 0) is 0 Å². The van der Waals surface area contributed by atoms with E-state index in [0.717, 1.165) is 71.5 Å². The first-order valence-corrected chi connectivity index (χ1v) is 15.2. The predicted molar refractivity (Wildman–Crippen MR) is 138 cm³/mol. The van der Waals surface area contributed by atoms with Crippen molar-refractivity contribution in [1.29, 1.82) is 0 Å². The van der Waals surface area contributed by atoms with Crippen LogP contribution in [0.25, 0.3) is 0 Å². The van der Waals surface area contributed by atoms with Gasteiger partial charge in [-0.1, -0.05) is 20.8 Å². The molecule has 0 aromatic carbocycles. The molecule has 188 valence electrons. The standard InChI is InChI=1S/C30H53N3/c1-5-33-10-6-7-26-21(11-20(3)14-30(26)33)15-24-8-9-25-23-16-27-22(17-28(25)31-24)12-19(2)13-29(27)32(4)18-23/h19-31H,5-18H2,1-4H3/t19-,20+,21-,22+,23-,24-,25-,26-,27-,28+,29+,30+/m1/s1. The molecule has 0 radical (unpaired) electrons. The summed E-state index contributed by atoms with van der Waals surface area (Å²) in [5.41, 5.74) is 0. The zero-order chi connectivity index (χ0) is 22.7. The van der Waals surface area contributed by atoms with Crippen molar-refractivity contribution in [2.45, 2.75) is 116 Å². The number of hydrogen-bond acceptors (Lipinski definition) is 3. The quantitative estimate of drug-likeness (QED) is 0.593. The third kappa shape index (κ3) is 4.35. The number of fused-ring (bicyclic) bond motifs is 4. The molecule has 3 nitrogen and oxygen atoms in total. The lowest BCUT2D eigenvalue weighted by Gasteiger charge is -2.51. The summed E-state index contributed by atoms with van der Waals surface area (Å²) in [7, 11) is 2.46. The average molecular weight is 456 g/mol. The molecule has 2 bridgehead atoms. The second-order valence-corrected chi connectivity index (χ2v) is 14.0. The molecular weight excluding hydrogens is 402 g/mol. The Morgan fingerprint density at radius 1 is 0.788 bits per heavy atom. The molecule has 3 heterocycles. The van der Waals surface area contributed by atoms with Crippen LogP contribution in [0.2, 0.25) is 0 Å². The van der Waals surface area contributed by atoms with Gasteiger partial charge in [0.1, 0.15) is 0 Å². The average Bonchev–Trinajstić information content (AvgIpc) is 2.92. The second kappa shape index (κ2) is 9.40. The van der Waals surface area contributed by atoms with Crippen LogP contribution in [0.5, 0.6) is 0 Å². The Balaban J connectivity index is 1.16. The second-order valence-electron chi connectivity index (χ2n) is 14.0. The van der Waals surface area contributed by atoms with Gasteiger partial charge >= 0.3 is 0 Å². The first-order chi connectivity index (χ1) is 16.0. The monoisotopic (exact) mass is 455 g/mol. The van der Waals surface area contributed by atoms with Crippen LogP contribution in [0.1, 0.15) is 91.4 Å². The van der Waals surface area contributed by atoms with Crippen molar-refractivity contribution in [2.75, 3.05) is 26.7 Å². The fraction of sp³-hybridized carbons (Fsp3) is 1.00. The molecule has 1 N–H and O–H groups in total. The van der Waals surface area contributed by atoms with Gasteiger partial charge in [0.05, 0.1) is 0 Å². The van der Waals surface area contributed by atoms with Crippen LogP contribution in [0, 0.1) is 47.3 Å². The first-order valence-electron chi connectivity index (χ1n) is 15.2. The van der Waals surface area contributed by atoms with E-state index in [9.17, 15) is 0 Å². The van der Waals surface area contributed by atoms with Crippen LogP contribution in [0.4, 0.5) is 0 Å². The summed E-state index contributed by atoms with van der Waals surface area (Å²) >= 11 is 0. The highest BCUT2D eigenvalue weighted by molar-refractivity contribution is 5.04. The molecule has 0 aromatic rings. The van der Waals surface area contributed by atoms with Gasteiger partial charge in [-0.25, -0.2) is 0 Å². The van der Waals surface area contributed by atoms with Crippen molar-refractivity contribution in [3.05, 3.63) is 0 Å². The van der Waals surface area contributed by atoms with Gasteiger partial charge < -0.3 is 15.1 Å². The minimum atomic E-state index is 0.798. The van der Waals surface area contributed by atoms with E-state index in [1.54, 1.807) is 6.42 Å². The fourth-order valence-corrected chi connectivity index (χ4v) is 10.7. The molecule has 6 aliphatic rings. The number of hydrogen-bond donors (Lipinski definition) is 1. The molecular formula is C30H53N3. The number of piperidine rings is 3. The lowest BCUT2D eigenvalue weighted by atomic mass is 9.65. The zero-order valence-corrected chi connectivity index (χ0v) is 22.2. The van der Waals surface area contributed by atoms with Crippen molar-refractivity contribution >= 4 is 0 Å². The van der Waals surface area contributed by atoms with E-state index in [4.69, 9.17) is 0 Å². The number of rotatable bonds is 3. The van der Waals surface area contributed by atoms with E-state index < -0.39 is 0 Å². The minimum Gasteiger partial charge on any atom is -0.311 e. The van der Waals surface area contributed by atoms with Crippen LogP contribution < -0.4 is 5.32 Å². The summed E-state index contributed by atoms with van der Waals surface area (Å²) in [5.74, 6) is 7.71. The Morgan fingerprint density at radius 3 is 2.45 bits per heavy atom. The van der Waals surface area contributed by atoms with Crippen LogP contribution in [-0.4, -0.2) is 60.6 Å². The van der Waals surface area contributed by atoms with Crippen LogP contribution in [0.15, 0.2) is 0 Å². The molecule has 0 spiro atoms. The fourth-order valence-electron chi connectivity index (χ4n) is 10.7. The van der Waals surface area contributed by atoms with E-state index in [1.165, 1.54) is 83.8 Å². The number of likely N-dealkylation sites (tertiary alicyclic amines) is 2. The normalized spacial score (nSPS) is 53.1. The summed E-state index contributed by atoms with van der Waals surface area (Å²) in [6, 6.07) is 3.39. The Kier molecular flexibility index (Phi) is 6.63. The van der Waals surface area contributed by atoms with Gasteiger partial charge in [0, 0.05) is 30.7 Å². The molecule has 3 aliphatic heterocycles. The van der Waals surface area contributed by atoms with Gasteiger partial charge in [0.2, 0.25) is 0 Å². The van der Waals surface area contributed by atoms with Gasteiger partial charge in [0.15, 0.2) is 0 Å². The maximum Gasteiger partial charge on any atom is 0.0129 e. The highest BCUT2D eigenvalue weighted by Gasteiger charge is 2.50. The Bertz CT molecular complexity index is 679. The highest BCUT2D eigenvalue weighted by Crippen LogP contribution is 2.52. The Hall–Kier alpha value is -0.120. The van der Waals surface area contributed by atoms with Gasteiger partial charge in [-0.3, -0.25) is 0 Å². The van der Waals surface area contributed by atoms with E-state index >= 15 is 0 Å². The molecule has 3 saturated carbocycles. The predicted octanol–water partition coefficient (Wildman–Crippen LogP) is 5.65. The topological polar surface area (TPSA) is 18.5 Å². The molecule has 0 aromatic heterocycles. The lowest BCUT2D eigenvalue weighted by molar-refractivity contribution is -0.00636. The molecule has 3 saturated heterocycles. The van der Waals surface area contributed by atoms with E-state index in [0.29, 0.717) is 0 Å². The van der Waals surface area contributed by atoms with Crippen molar-refractivity contribution in [3.63, 3.8) is 0 Å². The number of nitrogens with zero attached hydrogens (tertiary/aromatic N) is 2. The number of nitrogens with one attached hydrogen (secondary N) is 1. The van der Waals surface area contributed by atoms with E-state index in [-0.39, 0.29) is 0 Å². The summed E-state index contributed by atoms with van der Waals surface area (Å²) in [4.78, 5) is 5.66. The molecule has 3 heteroatoms. The summed E-state index contributed by atoms with van der Waals surface area (Å²) in [6.07, 6.45) is 16.4. The largest absolute Gasteiger partial charge is 0.311 e. The van der Waals surface area contributed by atoms with Crippen LogP contribution >= 0.6 is 0 Å². The highest BCUT2D eigenvalue weighted by atomic mass is 15.2. The first kappa shape index (κ1) is 23.3. The third-order valence-corrected chi connectivity index (χ3v) is 12.0. The maximum atomic E-state index is 4.39. The van der Waals surface area contributed by atoms with Crippen molar-refractivity contribution < 1.29 is 0 Å². The third-order valence-electron chi connectivity index (χ3n) is 12.0. The molecule has 6 rings (SSSR count). The Morgan fingerprint density at radius 2 is 1.61 bits per heavy atom. The van der Waals surface area contributed by atoms with Gasteiger partial charge in [-0.2, -0.15) is 0 Å². The maximum absolute atomic E-state index is 4.39. The molecule has 12 atom stereocenters. The Labute approximate surface area is 204 Å². The van der Waals surface area contributed by atoms with Crippen LogP contribution in [0.3, 0.4) is 0 Å².